The Kier molecular flexibility index (Phi) is 4.08. The molecule has 74 valence electrons. The zero-order valence-corrected chi connectivity index (χ0v) is 10.1. The lowest BCUT2D eigenvalue weighted by Crippen LogP contribution is -2.16. The first-order valence-corrected chi connectivity index (χ1v) is 5.40. The van der Waals surface area contributed by atoms with Gasteiger partial charge in [-0.25, -0.2) is 0 Å². The quantitative estimate of drug-likeness (QED) is 0.444. The van der Waals surface area contributed by atoms with Gasteiger partial charge in [-0.1, -0.05) is 58.4 Å². The number of rotatable bonds is 3. The molecule has 1 rings (SSSR count). The standard InChI is InChI=1S/C12H14BrN/c1-9(2)11(13)12(14-3)10-7-5-4-6-8-10/h4-8,11H,1H2,2-3H3. The van der Waals surface area contributed by atoms with Gasteiger partial charge in [0.05, 0.1) is 10.5 Å². The minimum atomic E-state index is 0.134. The van der Waals surface area contributed by atoms with Gasteiger partial charge in [0.2, 0.25) is 0 Å². The molecule has 0 radical (unpaired) electrons. The maximum atomic E-state index is 4.29. The van der Waals surface area contributed by atoms with Gasteiger partial charge < -0.3 is 0 Å². The van der Waals surface area contributed by atoms with Gasteiger partial charge in [0.15, 0.2) is 0 Å². The number of nitrogens with zero attached hydrogens (tertiary/aromatic N) is 1. The molecule has 14 heavy (non-hydrogen) atoms. The van der Waals surface area contributed by atoms with E-state index in [4.69, 9.17) is 0 Å². The maximum Gasteiger partial charge on any atom is 0.0773 e. The Hall–Kier alpha value is -0.890. The van der Waals surface area contributed by atoms with E-state index in [0.29, 0.717) is 0 Å². The molecule has 1 atom stereocenters. The van der Waals surface area contributed by atoms with Crippen molar-refractivity contribution in [1.29, 1.82) is 0 Å². The summed E-state index contributed by atoms with van der Waals surface area (Å²) in [7, 11) is 1.81. The summed E-state index contributed by atoms with van der Waals surface area (Å²) in [6.45, 7) is 5.92. The Morgan fingerprint density at radius 3 is 2.36 bits per heavy atom. The fourth-order valence-electron chi connectivity index (χ4n) is 1.23. The van der Waals surface area contributed by atoms with Gasteiger partial charge in [0, 0.05) is 7.05 Å². The molecule has 1 unspecified atom stereocenters. The summed E-state index contributed by atoms with van der Waals surface area (Å²) in [4.78, 5) is 4.42. The number of allylic oxidation sites excluding steroid dienone is 1. The van der Waals surface area contributed by atoms with Crippen molar-refractivity contribution in [1.82, 2.24) is 0 Å². The lowest BCUT2D eigenvalue weighted by molar-refractivity contribution is 1.27. The van der Waals surface area contributed by atoms with Gasteiger partial charge >= 0.3 is 0 Å². The fraction of sp³-hybridized carbons (Fsp3) is 0.250. The molecule has 2 heteroatoms. The molecule has 0 aliphatic rings. The smallest absolute Gasteiger partial charge is 0.0773 e. The van der Waals surface area contributed by atoms with Crippen LogP contribution in [0.25, 0.3) is 0 Å². The monoisotopic (exact) mass is 251 g/mol. The fourth-order valence-corrected chi connectivity index (χ4v) is 1.70. The summed E-state index contributed by atoms with van der Waals surface area (Å²) >= 11 is 3.58. The van der Waals surface area contributed by atoms with Crippen LogP contribution >= 0.6 is 15.9 Å². The molecule has 0 fully saturated rings. The second kappa shape index (κ2) is 5.11. The molecule has 0 aliphatic heterocycles. The van der Waals surface area contributed by atoms with Crippen LogP contribution in [0.15, 0.2) is 47.5 Å². The van der Waals surface area contributed by atoms with E-state index in [9.17, 15) is 0 Å². The third-order valence-electron chi connectivity index (χ3n) is 1.98. The minimum Gasteiger partial charge on any atom is -0.291 e. The van der Waals surface area contributed by atoms with E-state index < -0.39 is 0 Å². The molecule has 0 aromatic heterocycles. The van der Waals surface area contributed by atoms with Crippen molar-refractivity contribution in [2.24, 2.45) is 4.99 Å². The molecule has 0 aliphatic carbocycles. The van der Waals surface area contributed by atoms with E-state index in [1.807, 2.05) is 25.1 Å². The number of benzene rings is 1. The highest BCUT2D eigenvalue weighted by Gasteiger charge is 2.13. The van der Waals surface area contributed by atoms with Gasteiger partial charge in [0.1, 0.15) is 0 Å². The largest absolute Gasteiger partial charge is 0.291 e. The Labute approximate surface area is 93.7 Å². The Morgan fingerprint density at radius 2 is 1.93 bits per heavy atom. The topological polar surface area (TPSA) is 12.4 Å². The summed E-state index contributed by atoms with van der Waals surface area (Å²) in [5.74, 6) is 0. The van der Waals surface area contributed by atoms with Crippen molar-refractivity contribution in [2.45, 2.75) is 11.8 Å². The van der Waals surface area contributed by atoms with Crippen molar-refractivity contribution in [3.63, 3.8) is 0 Å². The summed E-state index contributed by atoms with van der Waals surface area (Å²) in [5, 5.41) is 0. The van der Waals surface area contributed by atoms with Crippen LogP contribution in [0.3, 0.4) is 0 Å². The SMILES string of the molecule is C=C(C)C(Br)C(=NC)c1ccccc1. The predicted molar refractivity (Wildman–Crippen MR) is 66.4 cm³/mol. The molecule has 0 heterocycles. The molecular formula is C12H14BrN. The lowest BCUT2D eigenvalue weighted by Gasteiger charge is -2.12. The average molecular weight is 252 g/mol. The molecule has 0 saturated heterocycles. The van der Waals surface area contributed by atoms with Crippen LogP contribution in [0.1, 0.15) is 12.5 Å². The zero-order valence-electron chi connectivity index (χ0n) is 8.50. The second-order valence-corrected chi connectivity index (χ2v) is 4.10. The van der Waals surface area contributed by atoms with E-state index in [1.165, 1.54) is 0 Å². The van der Waals surface area contributed by atoms with Crippen LogP contribution < -0.4 is 0 Å². The molecular weight excluding hydrogens is 238 g/mol. The lowest BCUT2D eigenvalue weighted by atomic mass is 10.0. The second-order valence-electron chi connectivity index (χ2n) is 3.18. The molecule has 1 aromatic rings. The summed E-state index contributed by atoms with van der Waals surface area (Å²) < 4.78 is 0. The molecule has 1 aromatic carbocycles. The van der Waals surface area contributed by atoms with E-state index >= 15 is 0 Å². The number of halogens is 1. The first-order valence-electron chi connectivity index (χ1n) is 4.48. The summed E-state index contributed by atoms with van der Waals surface area (Å²) in [6, 6.07) is 10.1. The third kappa shape index (κ3) is 2.55. The van der Waals surface area contributed by atoms with E-state index in [0.717, 1.165) is 16.8 Å². The van der Waals surface area contributed by atoms with Crippen LogP contribution in [-0.2, 0) is 0 Å². The van der Waals surface area contributed by atoms with Crippen molar-refractivity contribution in [2.75, 3.05) is 7.05 Å². The highest BCUT2D eigenvalue weighted by atomic mass is 79.9. The van der Waals surface area contributed by atoms with Gasteiger partial charge in [-0.2, -0.15) is 0 Å². The highest BCUT2D eigenvalue weighted by molar-refractivity contribution is 9.10. The van der Waals surface area contributed by atoms with Crippen LogP contribution in [0, 0.1) is 0 Å². The first kappa shape index (κ1) is 11.2. The predicted octanol–water partition coefficient (Wildman–Crippen LogP) is 3.45. The molecule has 0 saturated carbocycles. The number of aliphatic imine (C=N–C) groups is 1. The van der Waals surface area contributed by atoms with Gasteiger partial charge in [-0.3, -0.25) is 4.99 Å². The first-order chi connectivity index (χ1) is 6.66. The summed E-state index contributed by atoms with van der Waals surface area (Å²) in [6.07, 6.45) is 0. The molecule has 0 N–H and O–H groups in total. The van der Waals surface area contributed by atoms with E-state index in [1.54, 1.807) is 7.05 Å². The number of alkyl halides is 1. The zero-order chi connectivity index (χ0) is 10.6. The molecule has 0 spiro atoms. The van der Waals surface area contributed by atoms with Gasteiger partial charge in [0.25, 0.3) is 0 Å². The molecule has 0 amide bonds. The normalized spacial score (nSPS) is 13.8. The number of hydrogen-bond donors (Lipinski definition) is 0. The van der Waals surface area contributed by atoms with E-state index in [2.05, 4.69) is 39.6 Å². The highest BCUT2D eigenvalue weighted by Crippen LogP contribution is 2.17. The van der Waals surface area contributed by atoms with E-state index in [-0.39, 0.29) is 4.83 Å². The van der Waals surface area contributed by atoms with Crippen molar-refractivity contribution >= 4 is 21.6 Å². The molecule has 0 bridgehead atoms. The average Bonchev–Trinajstić information content (AvgIpc) is 2.20. The van der Waals surface area contributed by atoms with Crippen LogP contribution in [0.5, 0.6) is 0 Å². The molecule has 1 nitrogen and oxygen atoms in total. The maximum absolute atomic E-state index is 4.29. The van der Waals surface area contributed by atoms with Gasteiger partial charge in [-0.05, 0) is 12.5 Å². The van der Waals surface area contributed by atoms with Gasteiger partial charge in [-0.15, -0.1) is 0 Å². The third-order valence-corrected chi connectivity index (χ3v) is 3.20. The summed E-state index contributed by atoms with van der Waals surface area (Å²) in [5.41, 5.74) is 3.23. The van der Waals surface area contributed by atoms with Crippen LogP contribution in [-0.4, -0.2) is 17.6 Å². The minimum absolute atomic E-state index is 0.134. The van der Waals surface area contributed by atoms with Crippen molar-refractivity contribution in [3.8, 4) is 0 Å². The van der Waals surface area contributed by atoms with Crippen molar-refractivity contribution < 1.29 is 0 Å². The Balaban J connectivity index is 3.01. The Morgan fingerprint density at radius 1 is 1.36 bits per heavy atom. The van der Waals surface area contributed by atoms with Crippen molar-refractivity contribution in [3.05, 3.63) is 48.0 Å². The van der Waals surface area contributed by atoms with Crippen LogP contribution in [0.4, 0.5) is 0 Å². The number of hydrogen-bond acceptors (Lipinski definition) is 1. The Bertz CT molecular complexity index is 341. The van der Waals surface area contributed by atoms with Crippen LogP contribution in [0.2, 0.25) is 0 Å².